The molecule has 8 heteroatoms. The highest BCUT2D eigenvalue weighted by molar-refractivity contribution is 5.83. The fourth-order valence-corrected chi connectivity index (χ4v) is 3.01. The highest BCUT2D eigenvalue weighted by atomic mass is 16.5. The third kappa shape index (κ3) is 12.7. The Labute approximate surface area is 214 Å². The molecule has 0 aliphatic heterocycles. The van der Waals surface area contributed by atoms with Gasteiger partial charge in [-0.3, -0.25) is 9.59 Å². The maximum absolute atomic E-state index is 11.9. The predicted molar refractivity (Wildman–Crippen MR) is 144 cm³/mol. The van der Waals surface area contributed by atoms with Crippen LogP contribution >= 0.6 is 0 Å². The molecular formula is C28H38N4O4. The van der Waals surface area contributed by atoms with E-state index in [0.29, 0.717) is 38.9 Å². The molecule has 0 aliphatic carbocycles. The van der Waals surface area contributed by atoms with Crippen molar-refractivity contribution in [2.75, 3.05) is 13.2 Å². The zero-order valence-corrected chi connectivity index (χ0v) is 21.4. The number of hydrogen-bond donors (Lipinski definition) is 2. The molecule has 0 fully saturated rings. The third-order valence-electron chi connectivity index (χ3n) is 5.16. The van der Waals surface area contributed by atoms with E-state index >= 15 is 0 Å². The average Bonchev–Trinajstić information content (AvgIpc) is 2.89. The van der Waals surface area contributed by atoms with Gasteiger partial charge in [0.05, 0.1) is 25.6 Å². The van der Waals surface area contributed by atoms with Gasteiger partial charge in [-0.2, -0.15) is 10.2 Å². The normalized spacial score (nSPS) is 11.1. The summed E-state index contributed by atoms with van der Waals surface area (Å²) in [6, 6.07) is 15.1. The van der Waals surface area contributed by atoms with E-state index in [2.05, 4.69) is 34.9 Å². The van der Waals surface area contributed by atoms with Gasteiger partial charge in [0.1, 0.15) is 11.5 Å². The Hall–Kier alpha value is -3.68. The number of rotatable bonds is 17. The Kier molecular flexibility index (Phi) is 14.0. The highest BCUT2D eigenvalue weighted by Crippen LogP contribution is 2.12. The smallest absolute Gasteiger partial charge is 0.240 e. The van der Waals surface area contributed by atoms with Gasteiger partial charge in [-0.25, -0.2) is 10.9 Å². The fraction of sp³-hybridized carbons (Fsp3) is 0.429. The molecular weight excluding hydrogens is 456 g/mol. The molecule has 0 bridgehead atoms. The summed E-state index contributed by atoms with van der Waals surface area (Å²) >= 11 is 0. The van der Waals surface area contributed by atoms with E-state index in [1.165, 1.54) is 0 Å². The maximum Gasteiger partial charge on any atom is 0.240 e. The van der Waals surface area contributed by atoms with Crippen molar-refractivity contribution in [2.45, 2.75) is 65.2 Å². The monoisotopic (exact) mass is 494 g/mol. The number of carbonyl (C=O) groups is 2. The van der Waals surface area contributed by atoms with Gasteiger partial charge in [0.25, 0.3) is 0 Å². The van der Waals surface area contributed by atoms with Gasteiger partial charge >= 0.3 is 0 Å². The second-order valence-electron chi connectivity index (χ2n) is 8.34. The van der Waals surface area contributed by atoms with E-state index in [1.54, 1.807) is 12.4 Å². The van der Waals surface area contributed by atoms with Crippen molar-refractivity contribution in [3.63, 3.8) is 0 Å². The summed E-state index contributed by atoms with van der Waals surface area (Å²) < 4.78 is 11.2. The van der Waals surface area contributed by atoms with Crippen molar-refractivity contribution in [1.82, 2.24) is 10.9 Å². The molecule has 0 unspecified atom stereocenters. The lowest BCUT2D eigenvalue weighted by atomic mass is 10.2. The minimum absolute atomic E-state index is 0.189. The van der Waals surface area contributed by atoms with Crippen LogP contribution in [-0.2, 0) is 9.59 Å². The molecule has 2 aromatic carbocycles. The van der Waals surface area contributed by atoms with Crippen LogP contribution in [0, 0.1) is 0 Å². The molecule has 0 saturated heterocycles. The van der Waals surface area contributed by atoms with E-state index < -0.39 is 0 Å². The van der Waals surface area contributed by atoms with Crippen molar-refractivity contribution < 1.29 is 19.1 Å². The zero-order chi connectivity index (χ0) is 25.8. The number of nitrogens with zero attached hydrogens (tertiary/aromatic N) is 2. The van der Waals surface area contributed by atoms with Crippen LogP contribution in [0.1, 0.15) is 76.3 Å². The predicted octanol–water partition coefficient (Wildman–Crippen LogP) is 5.21. The third-order valence-corrected chi connectivity index (χ3v) is 5.16. The van der Waals surface area contributed by atoms with Crippen molar-refractivity contribution >= 4 is 24.2 Å². The number of hydrogen-bond acceptors (Lipinski definition) is 6. The summed E-state index contributed by atoms with van der Waals surface area (Å²) in [6.07, 6.45) is 9.18. The molecule has 0 atom stereocenters. The number of hydrazone groups is 2. The van der Waals surface area contributed by atoms with Gasteiger partial charge in [-0.1, -0.05) is 26.7 Å². The topological polar surface area (TPSA) is 101 Å². The Balaban J connectivity index is 1.56. The minimum atomic E-state index is -0.189. The molecule has 2 aromatic rings. The zero-order valence-electron chi connectivity index (χ0n) is 21.4. The van der Waals surface area contributed by atoms with Crippen molar-refractivity contribution in [3.05, 3.63) is 59.7 Å². The first kappa shape index (κ1) is 28.6. The molecule has 0 heterocycles. The van der Waals surface area contributed by atoms with E-state index in [9.17, 15) is 9.59 Å². The van der Waals surface area contributed by atoms with Crippen LogP contribution in [0.5, 0.6) is 11.5 Å². The average molecular weight is 495 g/mol. The van der Waals surface area contributed by atoms with Gasteiger partial charge in [-0.15, -0.1) is 0 Å². The Morgan fingerprint density at radius 1 is 0.667 bits per heavy atom. The van der Waals surface area contributed by atoms with E-state index in [1.807, 2.05) is 48.5 Å². The molecule has 194 valence electrons. The summed E-state index contributed by atoms with van der Waals surface area (Å²) in [6.45, 7) is 5.66. The van der Waals surface area contributed by atoms with Gasteiger partial charge in [0.15, 0.2) is 0 Å². The van der Waals surface area contributed by atoms with Gasteiger partial charge in [0.2, 0.25) is 11.8 Å². The Bertz CT molecular complexity index is 877. The minimum Gasteiger partial charge on any atom is -0.494 e. The lowest BCUT2D eigenvalue weighted by Gasteiger charge is -2.05. The number of benzene rings is 2. The molecule has 2 rings (SSSR count). The second kappa shape index (κ2) is 17.7. The van der Waals surface area contributed by atoms with Gasteiger partial charge in [-0.05, 0) is 85.3 Å². The number of carbonyl (C=O) groups excluding carboxylic acids is 2. The lowest BCUT2D eigenvalue weighted by Crippen LogP contribution is -2.19. The summed E-state index contributed by atoms with van der Waals surface area (Å²) in [5, 5.41) is 7.96. The first-order valence-electron chi connectivity index (χ1n) is 12.7. The maximum atomic E-state index is 11.9. The molecule has 0 aromatic heterocycles. The highest BCUT2D eigenvalue weighted by Gasteiger charge is 2.03. The van der Waals surface area contributed by atoms with Crippen molar-refractivity contribution in [1.29, 1.82) is 0 Å². The molecule has 36 heavy (non-hydrogen) atoms. The van der Waals surface area contributed by atoms with E-state index in [4.69, 9.17) is 9.47 Å². The van der Waals surface area contributed by atoms with Gasteiger partial charge < -0.3 is 9.47 Å². The molecule has 0 aliphatic rings. The SMILES string of the molecule is CCCCOc1ccc(/C=N/NC(=O)CCCCC(=O)N/N=C/c2ccc(OCCCC)cc2)cc1. The van der Waals surface area contributed by atoms with Crippen LogP contribution in [0.25, 0.3) is 0 Å². The van der Waals surface area contributed by atoms with Crippen LogP contribution in [0.3, 0.4) is 0 Å². The summed E-state index contributed by atoms with van der Waals surface area (Å²) in [5.41, 5.74) is 6.76. The molecule has 0 radical (unpaired) electrons. The van der Waals surface area contributed by atoms with Crippen LogP contribution in [0.15, 0.2) is 58.7 Å². The molecule has 0 saturated carbocycles. The summed E-state index contributed by atoms with van der Waals surface area (Å²) in [5.74, 6) is 1.26. The molecule has 2 amide bonds. The molecule has 2 N–H and O–H groups in total. The fourth-order valence-electron chi connectivity index (χ4n) is 3.01. The Morgan fingerprint density at radius 2 is 1.06 bits per heavy atom. The molecule has 8 nitrogen and oxygen atoms in total. The quantitative estimate of drug-likeness (QED) is 0.179. The van der Waals surface area contributed by atoms with Gasteiger partial charge in [0, 0.05) is 12.8 Å². The van der Waals surface area contributed by atoms with E-state index in [-0.39, 0.29) is 11.8 Å². The van der Waals surface area contributed by atoms with Crippen LogP contribution in [0.2, 0.25) is 0 Å². The first-order valence-corrected chi connectivity index (χ1v) is 12.7. The largest absolute Gasteiger partial charge is 0.494 e. The molecule has 0 spiro atoms. The second-order valence-corrected chi connectivity index (χ2v) is 8.34. The Morgan fingerprint density at radius 3 is 1.42 bits per heavy atom. The van der Waals surface area contributed by atoms with Crippen molar-refractivity contribution in [2.24, 2.45) is 10.2 Å². The summed E-state index contributed by atoms with van der Waals surface area (Å²) in [7, 11) is 0. The van der Waals surface area contributed by atoms with Crippen LogP contribution < -0.4 is 20.3 Å². The number of nitrogens with one attached hydrogen (secondary N) is 2. The lowest BCUT2D eigenvalue weighted by molar-refractivity contribution is -0.123. The number of unbranched alkanes of at least 4 members (excludes halogenated alkanes) is 3. The first-order chi connectivity index (χ1) is 17.6. The number of ether oxygens (including phenoxy) is 2. The van der Waals surface area contributed by atoms with Crippen LogP contribution in [0.4, 0.5) is 0 Å². The number of amides is 2. The van der Waals surface area contributed by atoms with Crippen molar-refractivity contribution in [3.8, 4) is 11.5 Å². The van der Waals surface area contributed by atoms with E-state index in [0.717, 1.165) is 48.3 Å². The summed E-state index contributed by atoms with van der Waals surface area (Å²) in [4.78, 5) is 23.9. The van der Waals surface area contributed by atoms with Crippen LogP contribution in [-0.4, -0.2) is 37.5 Å². The standard InChI is InChI=1S/C28H38N4O4/c1-3-5-19-35-25-15-11-23(12-16-25)21-29-31-27(33)9-7-8-10-28(34)32-30-22-24-13-17-26(18-14-24)36-20-6-4-2/h11-18,21-22H,3-10,19-20H2,1-2H3,(H,31,33)(H,32,34)/b29-21+,30-22+.